The van der Waals surface area contributed by atoms with Gasteiger partial charge >= 0.3 is 0 Å². The average molecular weight is 433 g/mol. The molecule has 3 amide bonds. The summed E-state index contributed by atoms with van der Waals surface area (Å²) in [4.78, 5) is 40.8. The van der Waals surface area contributed by atoms with Crippen molar-refractivity contribution < 1.29 is 14.4 Å². The van der Waals surface area contributed by atoms with Gasteiger partial charge in [-0.15, -0.1) is 0 Å². The van der Waals surface area contributed by atoms with Crippen molar-refractivity contribution >= 4 is 40.7 Å². The number of halogens is 1. The summed E-state index contributed by atoms with van der Waals surface area (Å²) in [5.41, 5.74) is 2.37. The number of rotatable bonds is 3. The minimum absolute atomic E-state index is 0.122. The van der Waals surface area contributed by atoms with E-state index in [9.17, 15) is 14.4 Å². The van der Waals surface area contributed by atoms with Crippen molar-refractivity contribution in [2.45, 2.75) is 13.3 Å². The molecule has 31 heavy (non-hydrogen) atoms. The van der Waals surface area contributed by atoms with Crippen LogP contribution < -0.4 is 10.2 Å². The predicted octanol–water partition coefficient (Wildman–Crippen LogP) is 4.46. The fraction of sp³-hybridized carbons (Fsp3) is 0.320. The summed E-state index contributed by atoms with van der Waals surface area (Å²) in [6.45, 7) is 1.89. The van der Waals surface area contributed by atoms with Gasteiger partial charge in [-0.2, -0.15) is 0 Å². The lowest BCUT2D eigenvalue weighted by atomic mass is 9.63. The molecule has 2 aromatic rings. The van der Waals surface area contributed by atoms with E-state index in [0.717, 1.165) is 12.0 Å². The van der Waals surface area contributed by atoms with Crippen LogP contribution in [0.3, 0.4) is 0 Å². The lowest BCUT2D eigenvalue weighted by molar-refractivity contribution is -0.124. The van der Waals surface area contributed by atoms with Gasteiger partial charge in [-0.25, -0.2) is 4.90 Å². The van der Waals surface area contributed by atoms with Crippen LogP contribution in [0, 0.1) is 42.4 Å². The Morgan fingerprint density at radius 2 is 1.68 bits per heavy atom. The standard InChI is InChI=1S/C25H21ClN2O3/c1-12-5-6-14(26)10-20(12)27-23(29)13-3-2-4-15(9-13)28-24(30)21-16-7-8-17(19-11-18(16)19)22(21)25(28)31/h2-10,16-19,21-22H,11H2,1H3,(H,27,29)/t16-,17-,18-,19+,21+,22+/m0/s1. The Labute approximate surface area is 185 Å². The zero-order valence-electron chi connectivity index (χ0n) is 16.9. The Hall–Kier alpha value is -2.92. The molecule has 5 nitrogen and oxygen atoms in total. The zero-order valence-corrected chi connectivity index (χ0v) is 17.7. The number of allylic oxidation sites excluding steroid dienone is 2. The highest BCUT2D eigenvalue weighted by Crippen LogP contribution is 2.65. The second-order valence-electron chi connectivity index (χ2n) is 9.13. The van der Waals surface area contributed by atoms with E-state index in [1.807, 2.05) is 13.0 Å². The van der Waals surface area contributed by atoms with Gasteiger partial charge in [0.05, 0.1) is 17.5 Å². The second-order valence-corrected chi connectivity index (χ2v) is 9.57. The van der Waals surface area contributed by atoms with E-state index in [-0.39, 0.29) is 41.4 Å². The quantitative estimate of drug-likeness (QED) is 0.575. The van der Waals surface area contributed by atoms with Crippen molar-refractivity contribution in [3.8, 4) is 0 Å². The van der Waals surface area contributed by atoms with Gasteiger partial charge in [-0.3, -0.25) is 14.4 Å². The first kappa shape index (κ1) is 18.8. The number of aryl methyl sites for hydroxylation is 1. The molecular weight excluding hydrogens is 412 g/mol. The van der Waals surface area contributed by atoms with Crippen molar-refractivity contribution in [1.29, 1.82) is 0 Å². The molecule has 1 saturated heterocycles. The number of carbonyl (C=O) groups is 3. The van der Waals surface area contributed by atoms with Crippen molar-refractivity contribution in [1.82, 2.24) is 0 Å². The summed E-state index contributed by atoms with van der Waals surface area (Å²) >= 11 is 6.05. The molecule has 0 radical (unpaired) electrons. The van der Waals surface area contributed by atoms with Gasteiger partial charge in [0.15, 0.2) is 0 Å². The van der Waals surface area contributed by atoms with E-state index < -0.39 is 0 Å². The Kier molecular flexibility index (Phi) is 3.97. The monoisotopic (exact) mass is 432 g/mol. The van der Waals surface area contributed by atoms with Crippen LogP contribution in [0.2, 0.25) is 5.02 Å². The third-order valence-corrected chi connectivity index (χ3v) is 7.71. The third-order valence-electron chi connectivity index (χ3n) is 7.48. The van der Waals surface area contributed by atoms with Crippen LogP contribution in [-0.4, -0.2) is 17.7 Å². The summed E-state index contributed by atoms with van der Waals surface area (Å²) in [6.07, 6.45) is 5.45. The topological polar surface area (TPSA) is 66.5 Å². The lowest BCUT2D eigenvalue weighted by Gasteiger charge is -2.37. The molecular formula is C25H21ClN2O3. The van der Waals surface area contributed by atoms with Crippen molar-refractivity contribution in [3.05, 3.63) is 70.8 Å². The summed E-state index contributed by atoms with van der Waals surface area (Å²) < 4.78 is 0. The zero-order chi connectivity index (χ0) is 21.4. The number of benzene rings is 2. The molecule has 2 aromatic carbocycles. The molecule has 2 bridgehead atoms. The van der Waals surface area contributed by atoms with Crippen molar-refractivity contribution in [2.75, 3.05) is 10.2 Å². The van der Waals surface area contributed by atoms with Gasteiger partial charge in [-0.05, 0) is 72.9 Å². The van der Waals surface area contributed by atoms with E-state index >= 15 is 0 Å². The minimum atomic E-state index is -0.313. The Morgan fingerprint density at radius 3 is 2.35 bits per heavy atom. The van der Waals surface area contributed by atoms with Crippen molar-refractivity contribution in [2.24, 2.45) is 35.5 Å². The van der Waals surface area contributed by atoms with Gasteiger partial charge < -0.3 is 5.32 Å². The highest BCUT2D eigenvalue weighted by Gasteiger charge is 2.67. The molecule has 4 aliphatic carbocycles. The van der Waals surface area contributed by atoms with E-state index in [4.69, 9.17) is 11.6 Å². The first-order valence-electron chi connectivity index (χ1n) is 10.7. The highest BCUT2D eigenvalue weighted by atomic mass is 35.5. The molecule has 1 N–H and O–H groups in total. The van der Waals surface area contributed by atoms with Gasteiger partial charge in [0.25, 0.3) is 5.91 Å². The van der Waals surface area contributed by atoms with Gasteiger partial charge in [0.2, 0.25) is 11.8 Å². The molecule has 3 fully saturated rings. The SMILES string of the molecule is Cc1ccc(Cl)cc1NC(=O)c1cccc(N2C(=O)[C@@H]3[C@H]4C=C[C@@H]([C@@H]5C[C@H]45)[C@H]3C2=O)c1. The number of hydrogen-bond acceptors (Lipinski definition) is 3. The molecule has 2 saturated carbocycles. The normalized spacial score (nSPS) is 32.1. The van der Waals surface area contributed by atoms with Crippen LogP contribution >= 0.6 is 11.6 Å². The van der Waals surface area contributed by atoms with Crippen LogP contribution in [0.4, 0.5) is 11.4 Å². The minimum Gasteiger partial charge on any atom is -0.322 e. The average Bonchev–Trinajstić information content (AvgIpc) is 3.54. The molecule has 0 spiro atoms. The number of nitrogens with one attached hydrogen (secondary N) is 1. The van der Waals surface area contributed by atoms with Crippen LogP contribution in [0.1, 0.15) is 22.3 Å². The predicted molar refractivity (Wildman–Crippen MR) is 118 cm³/mol. The Balaban J connectivity index is 1.29. The lowest BCUT2D eigenvalue weighted by Crippen LogP contribution is -2.40. The number of nitrogens with zero attached hydrogens (tertiary/aromatic N) is 1. The van der Waals surface area contributed by atoms with Crippen LogP contribution in [0.25, 0.3) is 0 Å². The molecule has 0 aromatic heterocycles. The fourth-order valence-electron chi connectivity index (χ4n) is 5.92. The van der Waals surface area contributed by atoms with Gasteiger partial charge in [0, 0.05) is 16.3 Å². The Bertz CT molecular complexity index is 1150. The maximum Gasteiger partial charge on any atom is 0.255 e. The number of anilines is 2. The smallest absolute Gasteiger partial charge is 0.255 e. The van der Waals surface area contributed by atoms with Crippen LogP contribution in [-0.2, 0) is 9.59 Å². The fourth-order valence-corrected chi connectivity index (χ4v) is 6.09. The maximum atomic E-state index is 13.3. The molecule has 7 rings (SSSR count). The van der Waals surface area contributed by atoms with E-state index in [0.29, 0.717) is 33.8 Å². The number of hydrogen-bond donors (Lipinski definition) is 1. The molecule has 6 atom stereocenters. The molecule has 156 valence electrons. The largest absolute Gasteiger partial charge is 0.322 e. The van der Waals surface area contributed by atoms with E-state index in [2.05, 4.69) is 17.5 Å². The van der Waals surface area contributed by atoms with E-state index in [1.165, 1.54) is 4.90 Å². The second kappa shape index (κ2) is 6.54. The first-order valence-corrected chi connectivity index (χ1v) is 11.1. The molecule has 5 aliphatic rings. The van der Waals surface area contributed by atoms with Crippen LogP contribution in [0.15, 0.2) is 54.6 Å². The van der Waals surface area contributed by atoms with Crippen molar-refractivity contribution in [3.63, 3.8) is 0 Å². The maximum absolute atomic E-state index is 13.3. The Morgan fingerprint density at radius 1 is 1.00 bits per heavy atom. The summed E-state index contributed by atoms with van der Waals surface area (Å²) in [5, 5.41) is 3.41. The van der Waals surface area contributed by atoms with E-state index in [1.54, 1.807) is 36.4 Å². The van der Waals surface area contributed by atoms with Crippen LogP contribution in [0.5, 0.6) is 0 Å². The van der Waals surface area contributed by atoms with Gasteiger partial charge in [0.1, 0.15) is 0 Å². The van der Waals surface area contributed by atoms with Gasteiger partial charge in [-0.1, -0.05) is 35.9 Å². The summed E-state index contributed by atoms with van der Waals surface area (Å²) in [6, 6.07) is 12.0. The third kappa shape index (κ3) is 2.72. The first-order chi connectivity index (χ1) is 14.9. The highest BCUT2D eigenvalue weighted by molar-refractivity contribution is 6.31. The molecule has 1 heterocycles. The molecule has 1 aliphatic heterocycles. The number of imide groups is 1. The number of carbonyl (C=O) groups excluding carboxylic acids is 3. The summed E-state index contributed by atoms with van der Waals surface area (Å²) in [5.74, 6) is 0.419. The molecule has 6 heteroatoms. The summed E-state index contributed by atoms with van der Waals surface area (Å²) in [7, 11) is 0. The number of amides is 3. The molecule has 0 unspecified atom stereocenters.